The predicted octanol–water partition coefficient (Wildman–Crippen LogP) is 0.0845. The van der Waals surface area contributed by atoms with Gasteiger partial charge in [-0.3, -0.25) is 9.78 Å². The van der Waals surface area contributed by atoms with Crippen LogP contribution in [0.1, 0.15) is 6.92 Å². The molecular weight excluding hydrogens is 218 g/mol. The summed E-state index contributed by atoms with van der Waals surface area (Å²) in [6, 6.07) is 0. The predicted molar refractivity (Wildman–Crippen MR) is 51.5 cm³/mol. The van der Waals surface area contributed by atoms with Gasteiger partial charge in [-0.15, -0.1) is 5.10 Å². The molecule has 0 radical (unpaired) electrons. The topological polar surface area (TPSA) is 93.3 Å². The first kappa shape index (κ1) is 9.84. The Bertz CT molecular complexity index is 499. The van der Waals surface area contributed by atoms with Gasteiger partial charge >= 0.3 is 5.97 Å². The van der Waals surface area contributed by atoms with E-state index in [2.05, 4.69) is 20.5 Å². The Morgan fingerprint density at radius 2 is 2.40 bits per heavy atom. The molecule has 2 rings (SSSR count). The molecule has 0 saturated heterocycles. The van der Waals surface area contributed by atoms with Crippen molar-refractivity contribution in [3.63, 3.8) is 0 Å². The number of rotatable bonds is 3. The maximum Gasteiger partial charge on any atom is 0.316 e. The van der Waals surface area contributed by atoms with Gasteiger partial charge in [0.2, 0.25) is 0 Å². The fourth-order valence-corrected chi connectivity index (χ4v) is 1.78. The summed E-state index contributed by atoms with van der Waals surface area (Å²) in [7, 11) is 0. The fourth-order valence-electron chi connectivity index (χ4n) is 0.966. The number of carboxylic acids is 1. The standard InChI is InChI=1S/C7H7N5O2S/c1-4(7(13)14)15-6-3-8-2-5-9-10-11-12(5)6/h2-4H,1H3,(H,13,14). The lowest BCUT2D eigenvalue weighted by Gasteiger charge is -2.05. The Kier molecular flexibility index (Phi) is 2.50. The summed E-state index contributed by atoms with van der Waals surface area (Å²) in [6.45, 7) is 1.59. The molecule has 0 aliphatic carbocycles. The monoisotopic (exact) mass is 225 g/mol. The second-order valence-electron chi connectivity index (χ2n) is 2.79. The Labute approximate surface area is 88.5 Å². The Hall–Kier alpha value is -1.70. The van der Waals surface area contributed by atoms with E-state index in [1.807, 2.05) is 0 Å². The molecule has 1 atom stereocenters. The highest BCUT2D eigenvalue weighted by molar-refractivity contribution is 8.00. The van der Waals surface area contributed by atoms with Crippen LogP contribution in [-0.4, -0.2) is 41.4 Å². The van der Waals surface area contributed by atoms with E-state index >= 15 is 0 Å². The van der Waals surface area contributed by atoms with Crippen LogP contribution in [0.2, 0.25) is 0 Å². The number of hydrogen-bond donors (Lipinski definition) is 1. The van der Waals surface area contributed by atoms with Crippen molar-refractivity contribution in [3.05, 3.63) is 12.4 Å². The number of aliphatic carboxylic acids is 1. The van der Waals surface area contributed by atoms with Gasteiger partial charge in [0.05, 0.1) is 12.4 Å². The molecule has 0 saturated carbocycles. The minimum absolute atomic E-state index is 0.498. The Balaban J connectivity index is 2.35. The molecule has 1 unspecified atom stereocenters. The van der Waals surface area contributed by atoms with E-state index in [9.17, 15) is 4.79 Å². The van der Waals surface area contributed by atoms with Crippen molar-refractivity contribution in [2.45, 2.75) is 17.2 Å². The fraction of sp³-hybridized carbons (Fsp3) is 0.286. The van der Waals surface area contributed by atoms with E-state index in [4.69, 9.17) is 5.11 Å². The van der Waals surface area contributed by atoms with Gasteiger partial charge in [-0.1, -0.05) is 11.8 Å². The first-order valence-corrected chi connectivity index (χ1v) is 4.98. The van der Waals surface area contributed by atoms with Crippen LogP contribution in [0.5, 0.6) is 0 Å². The lowest BCUT2D eigenvalue weighted by molar-refractivity contribution is -0.136. The Morgan fingerprint density at radius 1 is 1.60 bits per heavy atom. The number of hydrogen-bond acceptors (Lipinski definition) is 6. The molecule has 2 aromatic heterocycles. The van der Waals surface area contributed by atoms with Gasteiger partial charge in [0.1, 0.15) is 10.3 Å². The highest BCUT2D eigenvalue weighted by Crippen LogP contribution is 2.21. The van der Waals surface area contributed by atoms with Crippen molar-refractivity contribution in [2.75, 3.05) is 0 Å². The summed E-state index contributed by atoms with van der Waals surface area (Å²) in [4.78, 5) is 14.6. The average Bonchev–Trinajstić information content (AvgIpc) is 2.66. The smallest absolute Gasteiger partial charge is 0.316 e. The summed E-state index contributed by atoms with van der Waals surface area (Å²) in [6.07, 6.45) is 3.04. The molecule has 0 aromatic carbocycles. The van der Waals surface area contributed by atoms with Gasteiger partial charge in [-0.25, -0.2) is 0 Å². The summed E-state index contributed by atoms with van der Waals surface area (Å²) >= 11 is 1.14. The molecule has 1 N–H and O–H groups in total. The molecule has 0 aliphatic heterocycles. The molecule has 0 bridgehead atoms. The van der Waals surface area contributed by atoms with Crippen molar-refractivity contribution >= 4 is 23.4 Å². The number of nitrogens with zero attached hydrogens (tertiary/aromatic N) is 5. The van der Waals surface area contributed by atoms with Gasteiger partial charge in [-0.05, 0) is 17.4 Å². The molecule has 2 aromatic rings. The molecule has 15 heavy (non-hydrogen) atoms. The lowest BCUT2D eigenvalue weighted by atomic mass is 10.5. The third kappa shape index (κ3) is 1.89. The zero-order valence-corrected chi connectivity index (χ0v) is 8.55. The number of carbonyl (C=O) groups is 1. The van der Waals surface area contributed by atoms with Crippen LogP contribution >= 0.6 is 11.8 Å². The van der Waals surface area contributed by atoms with Crippen molar-refractivity contribution in [2.24, 2.45) is 0 Å². The van der Waals surface area contributed by atoms with E-state index < -0.39 is 11.2 Å². The summed E-state index contributed by atoms with van der Waals surface area (Å²) < 4.78 is 1.46. The highest BCUT2D eigenvalue weighted by atomic mass is 32.2. The first-order chi connectivity index (χ1) is 7.18. The molecule has 0 fully saturated rings. The molecule has 78 valence electrons. The molecule has 2 heterocycles. The molecule has 8 heteroatoms. The number of thioether (sulfide) groups is 1. The number of carboxylic acid groups (broad SMARTS) is 1. The average molecular weight is 225 g/mol. The zero-order chi connectivity index (χ0) is 10.8. The van der Waals surface area contributed by atoms with Crippen LogP contribution in [0.3, 0.4) is 0 Å². The third-order valence-electron chi connectivity index (χ3n) is 1.72. The minimum atomic E-state index is -0.884. The second kappa shape index (κ2) is 3.81. The van der Waals surface area contributed by atoms with Gasteiger partial charge in [-0.2, -0.15) is 4.52 Å². The molecular formula is C7H7N5O2S. The maximum atomic E-state index is 10.7. The van der Waals surface area contributed by atoms with Crippen molar-refractivity contribution in [1.29, 1.82) is 0 Å². The van der Waals surface area contributed by atoms with Crippen LogP contribution in [0, 0.1) is 0 Å². The van der Waals surface area contributed by atoms with Gasteiger partial charge in [0.15, 0.2) is 5.65 Å². The lowest BCUT2D eigenvalue weighted by Crippen LogP contribution is -2.12. The van der Waals surface area contributed by atoms with Crippen molar-refractivity contribution < 1.29 is 9.90 Å². The van der Waals surface area contributed by atoms with Crippen molar-refractivity contribution in [3.8, 4) is 0 Å². The zero-order valence-electron chi connectivity index (χ0n) is 7.73. The molecule has 0 amide bonds. The maximum absolute atomic E-state index is 10.7. The Morgan fingerprint density at radius 3 is 3.13 bits per heavy atom. The first-order valence-electron chi connectivity index (χ1n) is 4.10. The van der Waals surface area contributed by atoms with Gasteiger partial charge in [0, 0.05) is 0 Å². The SMILES string of the molecule is CC(Sc1cncc2nnnn12)C(=O)O. The normalized spacial score (nSPS) is 12.9. The minimum Gasteiger partial charge on any atom is -0.480 e. The second-order valence-corrected chi connectivity index (χ2v) is 4.15. The van der Waals surface area contributed by atoms with E-state index in [1.54, 1.807) is 6.92 Å². The molecule has 0 spiro atoms. The van der Waals surface area contributed by atoms with Crippen LogP contribution in [0.15, 0.2) is 17.4 Å². The van der Waals surface area contributed by atoms with Crippen LogP contribution in [-0.2, 0) is 4.79 Å². The van der Waals surface area contributed by atoms with Crippen LogP contribution < -0.4 is 0 Å². The summed E-state index contributed by atoms with van der Waals surface area (Å²) in [5.74, 6) is -0.884. The van der Waals surface area contributed by atoms with Gasteiger partial charge in [0.25, 0.3) is 0 Å². The van der Waals surface area contributed by atoms with Crippen LogP contribution in [0.4, 0.5) is 0 Å². The highest BCUT2D eigenvalue weighted by Gasteiger charge is 2.15. The quantitative estimate of drug-likeness (QED) is 0.739. The van der Waals surface area contributed by atoms with E-state index in [-0.39, 0.29) is 0 Å². The third-order valence-corrected chi connectivity index (χ3v) is 2.80. The van der Waals surface area contributed by atoms with E-state index in [1.165, 1.54) is 16.9 Å². The van der Waals surface area contributed by atoms with E-state index in [0.29, 0.717) is 10.7 Å². The molecule has 0 aliphatic rings. The molecule has 7 nitrogen and oxygen atoms in total. The summed E-state index contributed by atoms with van der Waals surface area (Å²) in [5.41, 5.74) is 0.498. The van der Waals surface area contributed by atoms with Crippen molar-refractivity contribution in [1.82, 2.24) is 25.0 Å². The van der Waals surface area contributed by atoms with Crippen LogP contribution in [0.25, 0.3) is 5.65 Å². The van der Waals surface area contributed by atoms with E-state index in [0.717, 1.165) is 11.8 Å². The number of fused-ring (bicyclic) bond motifs is 1. The number of tetrazole rings is 1. The van der Waals surface area contributed by atoms with Gasteiger partial charge < -0.3 is 5.11 Å². The number of aromatic nitrogens is 5. The largest absolute Gasteiger partial charge is 0.480 e. The summed E-state index contributed by atoms with van der Waals surface area (Å²) in [5, 5.41) is 19.7.